The molecule has 0 spiro atoms. The molecule has 0 aliphatic heterocycles. The van der Waals surface area contributed by atoms with E-state index in [0.717, 1.165) is 33.3 Å². The average Bonchev–Trinajstić information content (AvgIpc) is 3.67. The van der Waals surface area contributed by atoms with Gasteiger partial charge in [-0.15, -0.1) is 11.3 Å². The van der Waals surface area contributed by atoms with Gasteiger partial charge in [0.15, 0.2) is 0 Å². The summed E-state index contributed by atoms with van der Waals surface area (Å²) in [5, 5.41) is 4.71. The largest absolute Gasteiger partial charge is 0.455 e. The highest BCUT2D eigenvalue weighted by Crippen LogP contribution is 2.53. The van der Waals surface area contributed by atoms with Gasteiger partial charge in [-0.05, 0) is 64.7 Å². The molecule has 1 aliphatic carbocycles. The van der Waals surface area contributed by atoms with Crippen molar-refractivity contribution in [1.82, 2.24) is 0 Å². The quantitative estimate of drug-likeness (QED) is 0.215. The Morgan fingerprint density at radius 3 is 2.19 bits per heavy atom. The number of thiophene rings is 1. The third kappa shape index (κ3) is 3.20. The van der Waals surface area contributed by atoms with Crippen molar-refractivity contribution in [2.45, 2.75) is 19.3 Å². The van der Waals surface area contributed by atoms with Gasteiger partial charge >= 0.3 is 0 Å². The Labute approximate surface area is 248 Å². The van der Waals surface area contributed by atoms with Gasteiger partial charge in [-0.1, -0.05) is 98.8 Å². The van der Waals surface area contributed by atoms with Gasteiger partial charge in [0, 0.05) is 43.0 Å². The van der Waals surface area contributed by atoms with Crippen LogP contribution in [-0.2, 0) is 5.41 Å². The molecular formula is C39H27NOS. The predicted molar refractivity (Wildman–Crippen MR) is 179 cm³/mol. The van der Waals surface area contributed by atoms with E-state index >= 15 is 0 Å². The third-order valence-corrected chi connectivity index (χ3v) is 10.2. The summed E-state index contributed by atoms with van der Waals surface area (Å²) in [7, 11) is 0. The molecule has 0 amide bonds. The Morgan fingerprint density at radius 1 is 0.595 bits per heavy atom. The maximum absolute atomic E-state index is 6.59. The van der Waals surface area contributed by atoms with E-state index in [-0.39, 0.29) is 5.41 Å². The molecule has 0 radical (unpaired) electrons. The minimum absolute atomic E-state index is 0.0814. The van der Waals surface area contributed by atoms with E-state index in [4.69, 9.17) is 4.42 Å². The summed E-state index contributed by atoms with van der Waals surface area (Å²) in [5.74, 6) is 0. The highest BCUT2D eigenvalue weighted by molar-refractivity contribution is 7.26. The van der Waals surface area contributed by atoms with Gasteiger partial charge in [0.1, 0.15) is 11.2 Å². The number of benzene rings is 6. The lowest BCUT2D eigenvalue weighted by Crippen LogP contribution is -2.16. The van der Waals surface area contributed by atoms with Crippen LogP contribution in [0.25, 0.3) is 53.2 Å². The fourth-order valence-electron chi connectivity index (χ4n) is 7.05. The van der Waals surface area contributed by atoms with Crippen molar-refractivity contribution in [2.75, 3.05) is 4.90 Å². The molecule has 2 aromatic heterocycles. The summed E-state index contributed by atoms with van der Waals surface area (Å²) in [6.45, 7) is 4.70. The first-order valence-electron chi connectivity index (χ1n) is 14.4. The van der Waals surface area contributed by atoms with Crippen molar-refractivity contribution in [2.24, 2.45) is 0 Å². The van der Waals surface area contributed by atoms with Gasteiger partial charge in [0.05, 0.1) is 10.4 Å². The number of para-hydroxylation sites is 2. The van der Waals surface area contributed by atoms with E-state index in [9.17, 15) is 0 Å². The Balaban J connectivity index is 1.39. The second kappa shape index (κ2) is 8.58. The first-order valence-corrected chi connectivity index (χ1v) is 15.3. The standard InChI is InChI=1S/C39H27NOS/c1-39(2)31-17-9-6-14-26(31)27-21-20-25(22-32(27)39)40(24-12-4-3-5-13-24)33-23-30-28-15-7-10-18-34(28)41-37(30)36-29-16-8-11-19-35(29)42-38(33)36/h3-23H,1-2H3. The average molecular weight is 558 g/mol. The Morgan fingerprint density at radius 2 is 1.31 bits per heavy atom. The molecule has 2 nitrogen and oxygen atoms in total. The maximum Gasteiger partial charge on any atom is 0.144 e. The van der Waals surface area contributed by atoms with E-state index in [0.29, 0.717) is 0 Å². The van der Waals surface area contributed by atoms with E-state index < -0.39 is 0 Å². The Kier molecular flexibility index (Phi) is 4.86. The van der Waals surface area contributed by atoms with Crippen LogP contribution in [0.3, 0.4) is 0 Å². The van der Waals surface area contributed by atoms with E-state index in [1.165, 1.54) is 48.1 Å². The number of rotatable bonds is 3. The smallest absolute Gasteiger partial charge is 0.144 e. The summed E-state index contributed by atoms with van der Waals surface area (Å²) in [6.07, 6.45) is 0. The van der Waals surface area contributed by atoms with Crippen molar-refractivity contribution in [3.8, 4) is 11.1 Å². The van der Waals surface area contributed by atoms with Gasteiger partial charge in [-0.2, -0.15) is 0 Å². The Bertz CT molecular complexity index is 2340. The molecule has 0 saturated heterocycles. The minimum Gasteiger partial charge on any atom is -0.455 e. The lowest BCUT2D eigenvalue weighted by molar-refractivity contribution is 0.660. The molecule has 42 heavy (non-hydrogen) atoms. The fraction of sp³-hybridized carbons (Fsp3) is 0.0769. The molecule has 0 fully saturated rings. The van der Waals surface area contributed by atoms with Crippen LogP contribution < -0.4 is 4.90 Å². The maximum atomic E-state index is 6.59. The van der Waals surface area contributed by atoms with E-state index in [2.05, 4.69) is 146 Å². The second-order valence-corrected chi connectivity index (χ2v) is 12.8. The fourth-order valence-corrected chi connectivity index (χ4v) is 8.26. The normalized spacial score (nSPS) is 13.7. The van der Waals surface area contributed by atoms with Gasteiger partial charge in [-0.25, -0.2) is 0 Å². The highest BCUT2D eigenvalue weighted by atomic mass is 32.1. The summed E-state index contributed by atoms with van der Waals surface area (Å²) in [4.78, 5) is 2.44. The topological polar surface area (TPSA) is 16.4 Å². The molecule has 0 N–H and O–H groups in total. The third-order valence-electron chi connectivity index (χ3n) is 9.05. The van der Waals surface area contributed by atoms with Crippen molar-refractivity contribution in [1.29, 1.82) is 0 Å². The first kappa shape index (κ1) is 23.8. The molecule has 2 heterocycles. The van der Waals surface area contributed by atoms with Crippen LogP contribution in [0.5, 0.6) is 0 Å². The number of anilines is 3. The Hall–Kier alpha value is -4.86. The summed E-state index contributed by atoms with van der Waals surface area (Å²) < 4.78 is 9.09. The van der Waals surface area contributed by atoms with Crippen molar-refractivity contribution in [3.63, 3.8) is 0 Å². The van der Waals surface area contributed by atoms with Crippen LogP contribution in [0.1, 0.15) is 25.0 Å². The van der Waals surface area contributed by atoms with E-state index in [1.54, 1.807) is 0 Å². The summed E-state index contributed by atoms with van der Waals surface area (Å²) in [6, 6.07) is 46.1. The zero-order valence-corrected chi connectivity index (χ0v) is 24.2. The molecule has 1 aliphatic rings. The molecule has 0 bridgehead atoms. The predicted octanol–water partition coefficient (Wildman–Crippen LogP) is 11.7. The van der Waals surface area contributed by atoms with Crippen LogP contribution in [0.2, 0.25) is 0 Å². The molecule has 3 heteroatoms. The number of hydrogen-bond donors (Lipinski definition) is 0. The van der Waals surface area contributed by atoms with Gasteiger partial charge in [-0.3, -0.25) is 0 Å². The van der Waals surface area contributed by atoms with Crippen LogP contribution >= 0.6 is 11.3 Å². The molecule has 9 rings (SSSR count). The minimum atomic E-state index is -0.0814. The zero-order valence-electron chi connectivity index (χ0n) is 23.4. The number of nitrogens with zero attached hydrogens (tertiary/aromatic N) is 1. The highest BCUT2D eigenvalue weighted by Gasteiger charge is 2.36. The second-order valence-electron chi connectivity index (χ2n) is 11.7. The van der Waals surface area contributed by atoms with E-state index in [1.807, 2.05) is 11.3 Å². The molecule has 0 atom stereocenters. The summed E-state index contributed by atoms with van der Waals surface area (Å²) in [5.41, 5.74) is 10.7. The molecule has 0 unspecified atom stereocenters. The molecular weight excluding hydrogens is 531 g/mol. The van der Waals surface area contributed by atoms with Gasteiger partial charge < -0.3 is 9.32 Å². The molecule has 200 valence electrons. The number of furan rings is 1. The van der Waals surface area contributed by atoms with Gasteiger partial charge in [0.25, 0.3) is 0 Å². The molecule has 0 saturated carbocycles. The number of fused-ring (bicyclic) bond motifs is 10. The van der Waals surface area contributed by atoms with Crippen molar-refractivity contribution < 1.29 is 4.42 Å². The molecule has 6 aromatic carbocycles. The first-order chi connectivity index (χ1) is 20.6. The van der Waals surface area contributed by atoms with Crippen LogP contribution in [0, 0.1) is 0 Å². The van der Waals surface area contributed by atoms with Gasteiger partial charge in [0.2, 0.25) is 0 Å². The number of hydrogen-bond acceptors (Lipinski definition) is 3. The lowest BCUT2D eigenvalue weighted by atomic mass is 9.82. The SMILES string of the molecule is CC1(C)c2ccccc2-c2ccc(N(c3ccccc3)c3cc4c5ccccc5oc4c4c3sc3ccccc34)cc21. The van der Waals surface area contributed by atoms with Crippen LogP contribution in [0.15, 0.2) is 132 Å². The molecule has 8 aromatic rings. The monoisotopic (exact) mass is 557 g/mol. The van der Waals surface area contributed by atoms with Crippen LogP contribution in [0.4, 0.5) is 17.1 Å². The van der Waals surface area contributed by atoms with Crippen LogP contribution in [-0.4, -0.2) is 0 Å². The van der Waals surface area contributed by atoms with Crippen molar-refractivity contribution in [3.05, 3.63) is 139 Å². The zero-order chi connectivity index (χ0) is 28.0. The lowest BCUT2D eigenvalue weighted by Gasteiger charge is -2.28. The summed E-state index contributed by atoms with van der Waals surface area (Å²) >= 11 is 1.84. The van der Waals surface area contributed by atoms with Crippen molar-refractivity contribution >= 4 is 70.5 Å².